The second-order valence-electron chi connectivity index (χ2n) is 8.72. The summed E-state index contributed by atoms with van der Waals surface area (Å²) in [5.74, 6) is -3.79. The summed E-state index contributed by atoms with van der Waals surface area (Å²) in [6, 6.07) is 3.41. The predicted molar refractivity (Wildman–Crippen MR) is 104 cm³/mol. The van der Waals surface area contributed by atoms with Crippen LogP contribution in [0.4, 0.5) is 17.6 Å². The van der Waals surface area contributed by atoms with Crippen molar-refractivity contribution in [3.8, 4) is 6.07 Å². The van der Waals surface area contributed by atoms with Crippen LogP contribution in [-0.2, 0) is 11.0 Å². The van der Waals surface area contributed by atoms with E-state index >= 15 is 0 Å². The fourth-order valence-electron chi connectivity index (χ4n) is 4.81. The summed E-state index contributed by atoms with van der Waals surface area (Å²) in [5.41, 5.74) is -4.25. The van der Waals surface area contributed by atoms with E-state index in [0.717, 1.165) is 12.1 Å². The number of alkyl halides is 3. The van der Waals surface area contributed by atoms with Crippen LogP contribution in [-0.4, -0.2) is 17.1 Å². The Hall–Kier alpha value is -2.56. The lowest BCUT2D eigenvalue weighted by Gasteiger charge is -2.54. The topological polar surface area (TPSA) is 73.1 Å². The quantitative estimate of drug-likeness (QED) is 0.614. The number of hydrogen-bond acceptors (Lipinski definition) is 3. The molecule has 164 valence electrons. The number of carbonyl (C=O) groups is 1. The van der Waals surface area contributed by atoms with Gasteiger partial charge >= 0.3 is 12.1 Å². The van der Waals surface area contributed by atoms with Crippen molar-refractivity contribution in [3.05, 3.63) is 46.4 Å². The minimum absolute atomic E-state index is 0.0863. The summed E-state index contributed by atoms with van der Waals surface area (Å²) in [6.07, 6.45) is -3.96. The van der Waals surface area contributed by atoms with Gasteiger partial charge in [0.2, 0.25) is 0 Å². The summed E-state index contributed by atoms with van der Waals surface area (Å²) in [7, 11) is 0. The van der Waals surface area contributed by atoms with Crippen LogP contribution in [0.2, 0.25) is 0 Å². The third-order valence-electron chi connectivity index (χ3n) is 6.01. The molecule has 1 aliphatic rings. The van der Waals surface area contributed by atoms with Gasteiger partial charge in [-0.2, -0.15) is 18.4 Å². The van der Waals surface area contributed by atoms with E-state index in [0.29, 0.717) is 24.6 Å². The first-order chi connectivity index (χ1) is 13.7. The summed E-state index contributed by atoms with van der Waals surface area (Å²) in [6.45, 7) is 8.34. The molecule has 0 amide bonds. The SMILES string of the molecule is CCCC1NC(C)=C(C#N)C(c2ccc(F)cc2C(F)(F)F)C1(C(=O)O)C(C)(C)C. The van der Waals surface area contributed by atoms with Gasteiger partial charge in [0.1, 0.15) is 11.2 Å². The van der Waals surface area contributed by atoms with Gasteiger partial charge in [0.15, 0.2) is 0 Å². The predicted octanol–water partition coefficient (Wildman–Crippen LogP) is 5.61. The van der Waals surface area contributed by atoms with Crippen molar-refractivity contribution >= 4 is 5.97 Å². The fraction of sp³-hybridized carbons (Fsp3) is 0.545. The molecule has 30 heavy (non-hydrogen) atoms. The van der Waals surface area contributed by atoms with E-state index in [-0.39, 0.29) is 5.57 Å². The van der Waals surface area contributed by atoms with Crippen LogP contribution in [0.1, 0.15) is 64.5 Å². The number of nitrogens with zero attached hydrogens (tertiary/aromatic N) is 1. The molecule has 1 aliphatic heterocycles. The van der Waals surface area contributed by atoms with Gasteiger partial charge in [-0.25, -0.2) is 4.39 Å². The molecular weight excluding hydrogens is 400 g/mol. The maximum absolute atomic E-state index is 13.9. The summed E-state index contributed by atoms with van der Waals surface area (Å²) in [5, 5.41) is 23.4. The molecule has 3 atom stereocenters. The molecule has 1 aromatic carbocycles. The molecule has 0 saturated heterocycles. The zero-order chi connectivity index (χ0) is 23.1. The molecule has 0 bridgehead atoms. The monoisotopic (exact) mass is 426 g/mol. The van der Waals surface area contributed by atoms with E-state index in [1.165, 1.54) is 0 Å². The van der Waals surface area contributed by atoms with E-state index in [2.05, 4.69) is 5.32 Å². The Kier molecular flexibility index (Phi) is 6.27. The van der Waals surface area contributed by atoms with Gasteiger partial charge in [0.05, 0.1) is 17.2 Å². The van der Waals surface area contributed by atoms with Gasteiger partial charge in [-0.3, -0.25) is 4.79 Å². The molecule has 4 nitrogen and oxygen atoms in total. The molecule has 8 heteroatoms. The van der Waals surface area contributed by atoms with Gasteiger partial charge in [0.25, 0.3) is 0 Å². The first-order valence-electron chi connectivity index (χ1n) is 9.70. The van der Waals surface area contributed by atoms with Crippen LogP contribution in [0.3, 0.4) is 0 Å². The van der Waals surface area contributed by atoms with Crippen LogP contribution < -0.4 is 5.32 Å². The average molecular weight is 426 g/mol. The van der Waals surface area contributed by atoms with Gasteiger partial charge < -0.3 is 10.4 Å². The van der Waals surface area contributed by atoms with Crippen molar-refractivity contribution < 1.29 is 27.5 Å². The first kappa shape index (κ1) is 23.7. The Balaban J connectivity index is 3.06. The average Bonchev–Trinajstić information content (AvgIpc) is 2.59. The second-order valence-corrected chi connectivity index (χ2v) is 8.72. The molecule has 1 aromatic rings. The lowest BCUT2D eigenvalue weighted by molar-refractivity contribution is -0.163. The number of aliphatic carboxylic acids is 1. The number of nitrogens with one attached hydrogen (secondary N) is 1. The zero-order valence-electron chi connectivity index (χ0n) is 17.6. The molecule has 2 N–H and O–H groups in total. The highest BCUT2D eigenvalue weighted by molar-refractivity contribution is 5.81. The number of rotatable bonds is 4. The highest BCUT2D eigenvalue weighted by Gasteiger charge is 2.63. The molecule has 0 radical (unpaired) electrons. The van der Waals surface area contributed by atoms with Crippen LogP contribution in [0, 0.1) is 28.0 Å². The maximum Gasteiger partial charge on any atom is 0.416 e. The molecule has 0 fully saturated rings. The maximum atomic E-state index is 13.9. The molecule has 1 heterocycles. The Bertz CT molecular complexity index is 909. The van der Waals surface area contributed by atoms with Gasteiger partial charge in [-0.15, -0.1) is 0 Å². The normalized spacial score (nSPS) is 24.9. The number of benzene rings is 1. The lowest BCUT2D eigenvalue weighted by atomic mass is 9.50. The number of hydrogen-bond donors (Lipinski definition) is 2. The van der Waals surface area contributed by atoms with Crippen molar-refractivity contribution in [1.82, 2.24) is 5.32 Å². The molecule has 2 rings (SSSR count). The zero-order valence-corrected chi connectivity index (χ0v) is 17.6. The van der Waals surface area contributed by atoms with Crippen molar-refractivity contribution in [2.75, 3.05) is 0 Å². The summed E-state index contributed by atoms with van der Waals surface area (Å²) < 4.78 is 55.4. The van der Waals surface area contributed by atoms with E-state index in [9.17, 15) is 32.7 Å². The van der Waals surface area contributed by atoms with Gasteiger partial charge in [-0.05, 0) is 36.5 Å². The Morgan fingerprint density at radius 2 is 1.90 bits per heavy atom. The number of halogens is 4. The molecule has 0 aromatic heterocycles. The fourth-order valence-corrected chi connectivity index (χ4v) is 4.81. The number of carboxylic acid groups (broad SMARTS) is 1. The summed E-state index contributed by atoms with van der Waals surface area (Å²) in [4.78, 5) is 12.9. The first-order valence-corrected chi connectivity index (χ1v) is 9.70. The minimum Gasteiger partial charge on any atom is -0.481 e. The van der Waals surface area contributed by atoms with E-state index in [1.54, 1.807) is 27.7 Å². The number of nitriles is 1. The Morgan fingerprint density at radius 1 is 1.30 bits per heavy atom. The van der Waals surface area contributed by atoms with Crippen molar-refractivity contribution in [1.29, 1.82) is 5.26 Å². The minimum atomic E-state index is -4.92. The van der Waals surface area contributed by atoms with Crippen molar-refractivity contribution in [2.45, 2.75) is 65.6 Å². The molecule has 0 aliphatic carbocycles. The highest BCUT2D eigenvalue weighted by atomic mass is 19.4. The van der Waals surface area contributed by atoms with Crippen LogP contribution in [0.15, 0.2) is 29.5 Å². The van der Waals surface area contributed by atoms with Crippen LogP contribution in [0.25, 0.3) is 0 Å². The van der Waals surface area contributed by atoms with Crippen molar-refractivity contribution in [2.24, 2.45) is 10.8 Å². The lowest BCUT2D eigenvalue weighted by Crippen LogP contribution is -2.63. The van der Waals surface area contributed by atoms with Gasteiger partial charge in [0, 0.05) is 17.7 Å². The Labute approximate surface area is 173 Å². The van der Waals surface area contributed by atoms with Crippen LogP contribution in [0.5, 0.6) is 0 Å². The number of carboxylic acids is 1. The van der Waals surface area contributed by atoms with E-state index < -0.39 is 51.9 Å². The highest BCUT2D eigenvalue weighted by Crippen LogP contribution is 2.59. The standard InChI is InChI=1S/C22H26F4N2O2/c1-6-7-17-21(19(29)30,20(3,4)5)18(15(11-27)12(2)28-17)14-9-8-13(23)10-16(14)22(24,25)26/h8-10,17-18,28H,6-7H2,1-5H3,(H,29,30). The third kappa shape index (κ3) is 3.66. The van der Waals surface area contributed by atoms with Crippen LogP contribution >= 0.6 is 0 Å². The Morgan fingerprint density at radius 3 is 2.33 bits per heavy atom. The summed E-state index contributed by atoms with van der Waals surface area (Å²) >= 11 is 0. The molecular formula is C22H26F4N2O2. The molecule has 0 saturated carbocycles. The number of allylic oxidation sites excluding steroid dienone is 2. The third-order valence-corrected chi connectivity index (χ3v) is 6.01. The van der Waals surface area contributed by atoms with E-state index in [4.69, 9.17) is 0 Å². The second kappa shape index (κ2) is 7.93. The molecule has 3 unspecified atom stereocenters. The largest absolute Gasteiger partial charge is 0.481 e. The van der Waals surface area contributed by atoms with Crippen molar-refractivity contribution in [3.63, 3.8) is 0 Å². The smallest absolute Gasteiger partial charge is 0.416 e. The molecule has 0 spiro atoms. The van der Waals surface area contributed by atoms with Gasteiger partial charge in [-0.1, -0.05) is 40.2 Å². The van der Waals surface area contributed by atoms with E-state index in [1.807, 2.05) is 13.0 Å².